The molecule has 0 atom stereocenters. The molecule has 27 heavy (non-hydrogen) atoms. The number of ether oxygens (including phenoxy) is 1. The fraction of sp³-hybridized carbons (Fsp3) is 0.211. The lowest BCUT2D eigenvalue weighted by Gasteiger charge is -2.12. The van der Waals surface area contributed by atoms with Crippen molar-refractivity contribution in [3.05, 3.63) is 54.2 Å². The first-order valence-corrected chi connectivity index (χ1v) is 10.9. The van der Waals surface area contributed by atoms with Gasteiger partial charge in [0.05, 0.1) is 12.8 Å². The van der Waals surface area contributed by atoms with E-state index in [1.807, 2.05) is 31.3 Å². The van der Waals surface area contributed by atoms with Crippen LogP contribution in [-0.4, -0.2) is 30.8 Å². The summed E-state index contributed by atoms with van der Waals surface area (Å²) in [5.74, 6) is 1.38. The van der Waals surface area contributed by atoms with Crippen LogP contribution in [0.4, 0.5) is 5.69 Å². The average molecular weight is 402 g/mol. The van der Waals surface area contributed by atoms with Crippen molar-refractivity contribution in [3.63, 3.8) is 0 Å². The number of aryl methyl sites for hydroxylation is 2. The molecule has 1 aliphatic heterocycles. The van der Waals surface area contributed by atoms with Crippen LogP contribution in [0.3, 0.4) is 0 Å². The van der Waals surface area contributed by atoms with Gasteiger partial charge in [-0.25, -0.2) is 13.4 Å². The number of anilines is 1. The molecule has 0 unspecified atom stereocenters. The van der Waals surface area contributed by atoms with E-state index in [1.165, 1.54) is 7.11 Å². The van der Waals surface area contributed by atoms with Gasteiger partial charge < -0.3 is 9.30 Å². The van der Waals surface area contributed by atoms with Crippen molar-refractivity contribution >= 4 is 27.5 Å². The molecule has 2 heterocycles. The molecule has 0 spiro atoms. The lowest BCUT2D eigenvalue weighted by atomic mass is 10.1. The Bertz CT molecular complexity index is 1070. The number of aromatic nitrogens is 2. The summed E-state index contributed by atoms with van der Waals surface area (Å²) in [6.07, 6.45) is 2.03. The molecule has 1 N–H and O–H groups in total. The number of imidazole rings is 1. The van der Waals surface area contributed by atoms with Crippen LogP contribution in [0, 0.1) is 6.92 Å². The number of rotatable bonds is 5. The third-order valence-corrected chi connectivity index (χ3v) is 6.72. The molecule has 6 nitrogen and oxygen atoms in total. The molecule has 2 aromatic carbocycles. The first-order chi connectivity index (χ1) is 13.0. The van der Waals surface area contributed by atoms with Crippen LogP contribution in [0.15, 0.2) is 58.7 Å². The predicted molar refractivity (Wildman–Crippen MR) is 107 cm³/mol. The lowest BCUT2D eigenvalue weighted by Crippen LogP contribution is -2.14. The Hall–Kier alpha value is -2.45. The van der Waals surface area contributed by atoms with Crippen LogP contribution in [0.25, 0.3) is 11.3 Å². The van der Waals surface area contributed by atoms with Gasteiger partial charge in [0, 0.05) is 29.7 Å². The molecule has 1 aromatic heterocycles. The van der Waals surface area contributed by atoms with Crippen molar-refractivity contribution in [2.75, 3.05) is 17.6 Å². The van der Waals surface area contributed by atoms with Crippen molar-refractivity contribution in [2.45, 2.75) is 23.5 Å². The summed E-state index contributed by atoms with van der Waals surface area (Å²) in [6, 6.07) is 12.3. The van der Waals surface area contributed by atoms with E-state index in [0.717, 1.165) is 34.3 Å². The van der Waals surface area contributed by atoms with E-state index in [4.69, 9.17) is 4.74 Å². The van der Waals surface area contributed by atoms with Gasteiger partial charge in [-0.3, -0.25) is 4.72 Å². The zero-order chi connectivity index (χ0) is 19.0. The molecule has 0 amide bonds. The number of nitrogens with zero attached hydrogens (tertiary/aromatic N) is 2. The number of sulfonamides is 1. The highest BCUT2D eigenvalue weighted by Gasteiger charge is 2.20. The molecule has 0 fully saturated rings. The monoisotopic (exact) mass is 401 g/mol. The molecule has 0 saturated carbocycles. The van der Waals surface area contributed by atoms with Gasteiger partial charge in [0.25, 0.3) is 10.0 Å². The van der Waals surface area contributed by atoms with Crippen molar-refractivity contribution < 1.29 is 13.2 Å². The Morgan fingerprint density at radius 2 is 1.96 bits per heavy atom. The Labute approximate surface area is 162 Å². The van der Waals surface area contributed by atoms with Gasteiger partial charge in [0.2, 0.25) is 0 Å². The number of thioether (sulfide) groups is 1. The topological polar surface area (TPSA) is 73.2 Å². The predicted octanol–water partition coefficient (Wildman–Crippen LogP) is 3.77. The normalized spacial score (nSPS) is 13.4. The number of methoxy groups -OCH3 is 1. The van der Waals surface area contributed by atoms with E-state index < -0.39 is 10.0 Å². The summed E-state index contributed by atoms with van der Waals surface area (Å²) in [5, 5.41) is 1.03. The van der Waals surface area contributed by atoms with E-state index in [2.05, 4.69) is 14.3 Å². The summed E-state index contributed by atoms with van der Waals surface area (Å²) in [6.45, 7) is 2.82. The summed E-state index contributed by atoms with van der Waals surface area (Å²) in [5.41, 5.74) is 3.18. The number of benzene rings is 2. The molecule has 0 bridgehead atoms. The molecule has 0 saturated heterocycles. The van der Waals surface area contributed by atoms with Crippen LogP contribution in [0.2, 0.25) is 0 Å². The Morgan fingerprint density at radius 1 is 1.19 bits per heavy atom. The minimum absolute atomic E-state index is 0.122. The minimum Gasteiger partial charge on any atom is -0.495 e. The SMILES string of the molecule is COc1ccc(C)cc1S(=O)(=O)Nc1ccc(-c2cn3c(n2)SCC3)cc1. The number of hydrogen-bond donors (Lipinski definition) is 1. The highest BCUT2D eigenvalue weighted by molar-refractivity contribution is 7.99. The third-order valence-electron chi connectivity index (χ3n) is 4.34. The minimum atomic E-state index is -3.75. The highest BCUT2D eigenvalue weighted by Crippen LogP contribution is 2.30. The molecule has 1 aliphatic rings. The quantitative estimate of drug-likeness (QED) is 0.704. The van der Waals surface area contributed by atoms with Gasteiger partial charge in [-0.15, -0.1) is 0 Å². The van der Waals surface area contributed by atoms with Crippen molar-refractivity contribution in [1.29, 1.82) is 0 Å². The van der Waals surface area contributed by atoms with Gasteiger partial charge in [-0.2, -0.15) is 0 Å². The number of nitrogens with one attached hydrogen (secondary N) is 1. The lowest BCUT2D eigenvalue weighted by molar-refractivity contribution is 0.402. The van der Waals surface area contributed by atoms with Gasteiger partial charge in [0.15, 0.2) is 5.16 Å². The standard InChI is InChI=1S/C19H19N3O3S2/c1-13-3-8-17(25-2)18(11-13)27(23,24)21-15-6-4-14(5-7-15)16-12-22-9-10-26-19(22)20-16/h3-8,11-12,21H,9-10H2,1-2H3. The smallest absolute Gasteiger partial charge is 0.265 e. The van der Waals surface area contributed by atoms with Crippen molar-refractivity contribution in [2.24, 2.45) is 0 Å². The number of fused-ring (bicyclic) bond motifs is 1. The van der Waals surface area contributed by atoms with Gasteiger partial charge in [-0.05, 0) is 36.8 Å². The molecule has 4 rings (SSSR count). The van der Waals surface area contributed by atoms with Gasteiger partial charge in [0.1, 0.15) is 10.6 Å². The maximum atomic E-state index is 12.8. The van der Waals surface area contributed by atoms with Crippen LogP contribution in [0.1, 0.15) is 5.56 Å². The fourth-order valence-corrected chi connectivity index (χ4v) is 5.22. The van der Waals surface area contributed by atoms with Crippen LogP contribution in [0.5, 0.6) is 5.75 Å². The molecule has 0 radical (unpaired) electrons. The molecular weight excluding hydrogens is 382 g/mol. The summed E-state index contributed by atoms with van der Waals surface area (Å²) < 4.78 is 35.5. The second kappa shape index (κ2) is 6.94. The average Bonchev–Trinajstić information content (AvgIpc) is 3.24. The largest absolute Gasteiger partial charge is 0.495 e. The first kappa shape index (κ1) is 17.9. The maximum absolute atomic E-state index is 12.8. The molecular formula is C19H19N3O3S2. The van der Waals surface area contributed by atoms with E-state index in [1.54, 1.807) is 36.0 Å². The van der Waals surface area contributed by atoms with E-state index in [0.29, 0.717) is 11.4 Å². The highest BCUT2D eigenvalue weighted by atomic mass is 32.2. The fourth-order valence-electron chi connectivity index (χ4n) is 2.96. The van der Waals surface area contributed by atoms with Crippen molar-refractivity contribution in [1.82, 2.24) is 9.55 Å². The van der Waals surface area contributed by atoms with Gasteiger partial charge in [-0.1, -0.05) is 30.0 Å². The van der Waals surface area contributed by atoms with Crippen LogP contribution in [-0.2, 0) is 16.6 Å². The summed E-state index contributed by atoms with van der Waals surface area (Å²) >= 11 is 1.74. The third kappa shape index (κ3) is 3.54. The molecule has 3 aromatic rings. The molecule has 140 valence electrons. The Balaban J connectivity index is 1.58. The molecule has 8 heteroatoms. The second-order valence-corrected chi connectivity index (χ2v) is 9.00. The number of hydrogen-bond acceptors (Lipinski definition) is 5. The van der Waals surface area contributed by atoms with Crippen molar-refractivity contribution in [3.8, 4) is 17.0 Å². The Kier molecular flexibility index (Phi) is 4.61. The molecule has 0 aliphatic carbocycles. The van der Waals surface area contributed by atoms with E-state index in [9.17, 15) is 8.42 Å². The van der Waals surface area contributed by atoms with Gasteiger partial charge >= 0.3 is 0 Å². The maximum Gasteiger partial charge on any atom is 0.265 e. The Morgan fingerprint density at radius 3 is 2.67 bits per heavy atom. The van der Waals surface area contributed by atoms with Crippen LogP contribution >= 0.6 is 11.8 Å². The summed E-state index contributed by atoms with van der Waals surface area (Å²) in [7, 11) is -2.29. The second-order valence-electron chi connectivity index (χ2n) is 6.29. The first-order valence-electron chi connectivity index (χ1n) is 8.44. The van der Waals surface area contributed by atoms with Crippen LogP contribution < -0.4 is 9.46 Å². The zero-order valence-corrected chi connectivity index (χ0v) is 16.6. The van der Waals surface area contributed by atoms with E-state index >= 15 is 0 Å². The zero-order valence-electron chi connectivity index (χ0n) is 15.0. The summed E-state index contributed by atoms with van der Waals surface area (Å²) in [4.78, 5) is 4.74. The van der Waals surface area contributed by atoms with E-state index in [-0.39, 0.29) is 4.90 Å².